The van der Waals surface area contributed by atoms with Crippen LogP contribution in [0.25, 0.3) is 0 Å². The van der Waals surface area contributed by atoms with Gasteiger partial charge < -0.3 is 5.73 Å². The van der Waals surface area contributed by atoms with Gasteiger partial charge in [0.05, 0.1) is 0 Å². The van der Waals surface area contributed by atoms with E-state index in [1.807, 2.05) is 18.2 Å². The van der Waals surface area contributed by atoms with E-state index in [0.717, 1.165) is 5.56 Å². The summed E-state index contributed by atoms with van der Waals surface area (Å²) in [6.07, 6.45) is 0.436. The first-order valence-corrected chi connectivity index (χ1v) is 6.14. The van der Waals surface area contributed by atoms with Crippen molar-refractivity contribution in [1.29, 1.82) is 0 Å². The van der Waals surface area contributed by atoms with Crippen molar-refractivity contribution in [2.24, 2.45) is 5.73 Å². The molecule has 0 heterocycles. The molecule has 2 N–H and O–H groups in total. The van der Waals surface area contributed by atoms with Crippen molar-refractivity contribution in [3.8, 4) is 0 Å². The summed E-state index contributed by atoms with van der Waals surface area (Å²) in [5.41, 5.74) is 5.69. The molecule has 0 bridgehead atoms. The van der Waals surface area contributed by atoms with Crippen molar-refractivity contribution in [2.75, 3.05) is 0 Å². The van der Waals surface area contributed by atoms with Gasteiger partial charge in [-0.25, -0.2) is 17.6 Å². The van der Waals surface area contributed by atoms with Crippen LogP contribution < -0.4 is 5.73 Å². The van der Waals surface area contributed by atoms with Crippen LogP contribution in [-0.2, 0) is 19.4 Å². The smallest absolute Gasteiger partial charge is 0.197 e. The van der Waals surface area contributed by atoms with Gasteiger partial charge in [0.1, 0.15) is 0 Å². The average Bonchev–Trinajstić information content (AvgIpc) is 2.48. The molecule has 0 aromatic heterocycles. The minimum atomic E-state index is -1.81. The van der Waals surface area contributed by atoms with Crippen LogP contribution in [0.3, 0.4) is 0 Å². The first kappa shape index (κ1) is 14.5. The van der Waals surface area contributed by atoms with Gasteiger partial charge in [-0.15, -0.1) is 0 Å². The van der Waals surface area contributed by atoms with Gasteiger partial charge in [-0.3, -0.25) is 0 Å². The maximum atomic E-state index is 13.8. The normalized spacial score (nSPS) is 10.8. The summed E-state index contributed by atoms with van der Waals surface area (Å²) >= 11 is 0. The first-order valence-electron chi connectivity index (χ1n) is 6.14. The molecule has 106 valence electrons. The zero-order valence-corrected chi connectivity index (χ0v) is 10.6. The second kappa shape index (κ2) is 6.05. The monoisotopic (exact) mass is 283 g/mol. The Labute approximate surface area is 114 Å². The molecule has 2 rings (SSSR count). The summed E-state index contributed by atoms with van der Waals surface area (Å²) < 4.78 is 53.7. The Morgan fingerprint density at radius 1 is 0.700 bits per heavy atom. The molecule has 0 aliphatic heterocycles. The Morgan fingerprint density at radius 3 is 1.80 bits per heavy atom. The topological polar surface area (TPSA) is 26.0 Å². The summed E-state index contributed by atoms with van der Waals surface area (Å²) in [6, 6.07) is 9.07. The third-order valence-corrected chi connectivity index (χ3v) is 3.18. The van der Waals surface area contributed by atoms with E-state index >= 15 is 0 Å². The first-order chi connectivity index (χ1) is 9.56. The molecule has 5 heteroatoms. The number of nitrogens with two attached hydrogens (primary N) is 1. The summed E-state index contributed by atoms with van der Waals surface area (Å²) in [5, 5.41) is 0. The number of rotatable bonds is 4. The van der Waals surface area contributed by atoms with E-state index in [0.29, 0.717) is 6.42 Å². The summed E-state index contributed by atoms with van der Waals surface area (Å²) in [5.74, 6) is -6.37. The molecule has 0 saturated heterocycles. The Bertz CT molecular complexity index is 611. The number of halogens is 4. The molecule has 0 unspecified atom stereocenters. The Kier molecular flexibility index (Phi) is 4.39. The van der Waals surface area contributed by atoms with Gasteiger partial charge in [0.2, 0.25) is 0 Å². The lowest BCUT2D eigenvalue weighted by Gasteiger charge is -2.12. The number of hydrogen-bond acceptors (Lipinski definition) is 1. The van der Waals surface area contributed by atoms with Gasteiger partial charge in [0, 0.05) is 12.1 Å². The van der Waals surface area contributed by atoms with Crippen LogP contribution in [0, 0.1) is 23.3 Å². The number of benzene rings is 2. The predicted molar refractivity (Wildman–Crippen MR) is 68.0 cm³/mol. The van der Waals surface area contributed by atoms with Crippen molar-refractivity contribution in [3.63, 3.8) is 0 Å². The number of hydrogen-bond donors (Lipinski definition) is 1. The minimum absolute atomic E-state index is 0.0521. The molecule has 2 aromatic carbocycles. The minimum Gasteiger partial charge on any atom is -0.326 e. The molecule has 1 nitrogen and oxygen atoms in total. The molecule has 0 saturated carbocycles. The maximum absolute atomic E-state index is 13.8. The van der Waals surface area contributed by atoms with Crippen molar-refractivity contribution in [1.82, 2.24) is 0 Å². The zero-order valence-electron chi connectivity index (χ0n) is 10.6. The van der Waals surface area contributed by atoms with Gasteiger partial charge in [-0.2, -0.15) is 0 Å². The molecule has 0 fully saturated rings. The van der Waals surface area contributed by atoms with E-state index < -0.39 is 23.3 Å². The van der Waals surface area contributed by atoms with Crippen LogP contribution in [0.15, 0.2) is 30.3 Å². The average molecular weight is 283 g/mol. The zero-order chi connectivity index (χ0) is 14.7. The van der Waals surface area contributed by atoms with Crippen molar-refractivity contribution < 1.29 is 17.6 Å². The van der Waals surface area contributed by atoms with Crippen molar-refractivity contribution in [3.05, 3.63) is 70.3 Å². The lowest BCUT2D eigenvalue weighted by Crippen LogP contribution is -2.13. The largest absolute Gasteiger partial charge is 0.326 e. The Balaban J connectivity index is 2.36. The van der Waals surface area contributed by atoms with Gasteiger partial charge in [0.25, 0.3) is 0 Å². The molecular formula is C15H13F4N. The lowest BCUT2D eigenvalue weighted by molar-refractivity contribution is 0.398. The highest BCUT2D eigenvalue weighted by Crippen LogP contribution is 2.25. The number of aryl methyl sites for hydroxylation is 1. The van der Waals surface area contributed by atoms with E-state index in [2.05, 4.69) is 0 Å². The summed E-state index contributed by atoms with van der Waals surface area (Å²) in [4.78, 5) is 0. The maximum Gasteiger partial charge on any atom is 0.197 e. The highest BCUT2D eigenvalue weighted by atomic mass is 19.2. The van der Waals surface area contributed by atoms with Crippen LogP contribution in [0.4, 0.5) is 17.6 Å². The molecule has 0 spiro atoms. The molecule has 20 heavy (non-hydrogen) atoms. The molecule has 2 aromatic rings. The highest BCUT2D eigenvalue weighted by molar-refractivity contribution is 5.33. The van der Waals surface area contributed by atoms with Gasteiger partial charge in [-0.1, -0.05) is 30.3 Å². The van der Waals surface area contributed by atoms with E-state index in [1.54, 1.807) is 12.1 Å². The highest BCUT2D eigenvalue weighted by Gasteiger charge is 2.23. The van der Waals surface area contributed by atoms with Crippen LogP contribution in [0.2, 0.25) is 0 Å². The summed E-state index contributed by atoms with van der Waals surface area (Å²) in [7, 11) is 0. The van der Waals surface area contributed by atoms with E-state index in [1.165, 1.54) is 0 Å². The SMILES string of the molecule is NCc1c(F)c(F)c(F)c(F)c1CCc1ccccc1. The van der Waals surface area contributed by atoms with E-state index in [9.17, 15) is 17.6 Å². The fourth-order valence-corrected chi connectivity index (χ4v) is 2.11. The molecule has 0 radical (unpaired) electrons. The molecule has 0 atom stereocenters. The van der Waals surface area contributed by atoms with Crippen LogP contribution in [-0.4, -0.2) is 0 Å². The fraction of sp³-hybridized carbons (Fsp3) is 0.200. The fourth-order valence-electron chi connectivity index (χ4n) is 2.11. The molecule has 0 aliphatic carbocycles. The molecule has 0 amide bonds. The van der Waals surface area contributed by atoms with Gasteiger partial charge >= 0.3 is 0 Å². The van der Waals surface area contributed by atoms with Crippen molar-refractivity contribution in [2.45, 2.75) is 19.4 Å². The van der Waals surface area contributed by atoms with E-state index in [-0.39, 0.29) is 24.1 Å². The summed E-state index contributed by atoms with van der Waals surface area (Å²) in [6.45, 7) is -0.385. The van der Waals surface area contributed by atoms with E-state index in [4.69, 9.17) is 5.73 Å². The van der Waals surface area contributed by atoms with Gasteiger partial charge in [0.15, 0.2) is 23.3 Å². The van der Waals surface area contributed by atoms with Crippen LogP contribution in [0.5, 0.6) is 0 Å². The third kappa shape index (κ3) is 2.67. The second-order valence-electron chi connectivity index (χ2n) is 4.40. The van der Waals surface area contributed by atoms with Gasteiger partial charge in [-0.05, 0) is 24.0 Å². The van der Waals surface area contributed by atoms with Crippen LogP contribution >= 0.6 is 0 Å². The molecule has 0 aliphatic rings. The predicted octanol–water partition coefficient (Wildman–Crippen LogP) is 3.49. The molecular weight excluding hydrogens is 270 g/mol. The Morgan fingerprint density at radius 2 is 1.25 bits per heavy atom. The standard InChI is InChI=1S/C15H13F4N/c16-12-10(7-6-9-4-2-1-3-5-9)11(8-20)13(17)15(19)14(12)18/h1-5H,6-8,20H2. The second-order valence-corrected chi connectivity index (χ2v) is 4.40. The lowest BCUT2D eigenvalue weighted by atomic mass is 9.98. The third-order valence-electron chi connectivity index (χ3n) is 3.18. The van der Waals surface area contributed by atoms with Crippen molar-refractivity contribution >= 4 is 0 Å². The van der Waals surface area contributed by atoms with Crippen LogP contribution in [0.1, 0.15) is 16.7 Å². The quantitative estimate of drug-likeness (QED) is 0.519. The Hall–Kier alpha value is -1.88.